The molecule has 5 rings (SSSR count). The molecule has 10 nitrogen and oxygen atoms in total. The Balaban J connectivity index is 1.43. The third kappa shape index (κ3) is 7.81. The first-order valence-electron chi connectivity index (χ1n) is 15.1. The van der Waals surface area contributed by atoms with E-state index in [0.29, 0.717) is 25.3 Å². The molecule has 11 heteroatoms. The predicted octanol–water partition coefficient (Wildman–Crippen LogP) is 6.66. The van der Waals surface area contributed by atoms with Crippen molar-refractivity contribution in [1.82, 2.24) is 10.3 Å². The second-order valence-corrected chi connectivity index (χ2v) is 12.9. The molecule has 0 unspecified atom stereocenters. The normalized spacial score (nSPS) is 14.7. The summed E-state index contributed by atoms with van der Waals surface area (Å²) in [5.74, 6) is -0.552. The molecule has 0 bridgehead atoms. The van der Waals surface area contributed by atoms with Gasteiger partial charge in [0, 0.05) is 40.5 Å². The highest BCUT2D eigenvalue weighted by Crippen LogP contribution is 2.30. The zero-order valence-corrected chi connectivity index (χ0v) is 27.9. The molecule has 0 aliphatic carbocycles. The second kappa shape index (κ2) is 14.3. The van der Waals surface area contributed by atoms with Gasteiger partial charge in [-0.1, -0.05) is 30.3 Å². The molecule has 3 N–H and O–H groups in total. The number of para-hydroxylation sites is 1. The highest BCUT2D eigenvalue weighted by molar-refractivity contribution is 9.10. The van der Waals surface area contributed by atoms with E-state index >= 15 is 0 Å². The molecule has 1 amide bonds. The molecule has 1 aromatic heterocycles. The number of esters is 1. The minimum absolute atomic E-state index is 0.268. The Hall–Kier alpha value is -4.53. The van der Waals surface area contributed by atoms with Crippen LogP contribution in [0.1, 0.15) is 36.7 Å². The van der Waals surface area contributed by atoms with Gasteiger partial charge < -0.3 is 34.7 Å². The Bertz CT molecular complexity index is 1740. The molecule has 1 fully saturated rings. The topological polar surface area (TPSA) is 129 Å². The SMILES string of the molecule is COC(=O)c1cc(-c2ccc(N3CCOCC3)cc2)ccc1N[C@@H](C#N)[C@H](Cc1c[nH]c2c(Br)cccc12)NC(=O)OC(C)(C)C. The number of hydrogen-bond acceptors (Lipinski definition) is 8. The van der Waals surface area contributed by atoms with Crippen LogP contribution in [0.3, 0.4) is 0 Å². The van der Waals surface area contributed by atoms with Gasteiger partial charge in [0.05, 0.1) is 43.5 Å². The summed E-state index contributed by atoms with van der Waals surface area (Å²) >= 11 is 3.57. The summed E-state index contributed by atoms with van der Waals surface area (Å²) in [6.07, 6.45) is 1.53. The molecule has 0 radical (unpaired) electrons. The van der Waals surface area contributed by atoms with Crippen molar-refractivity contribution in [3.8, 4) is 17.2 Å². The minimum Gasteiger partial charge on any atom is -0.465 e. The van der Waals surface area contributed by atoms with Gasteiger partial charge >= 0.3 is 12.1 Å². The summed E-state index contributed by atoms with van der Waals surface area (Å²) in [6.45, 7) is 8.42. The highest BCUT2D eigenvalue weighted by Gasteiger charge is 2.29. The van der Waals surface area contributed by atoms with Gasteiger partial charge in [-0.15, -0.1) is 0 Å². The predicted molar refractivity (Wildman–Crippen MR) is 182 cm³/mol. The van der Waals surface area contributed by atoms with Crippen LogP contribution in [-0.2, 0) is 20.6 Å². The standard InChI is InChI=1S/C35H38BrN5O5/c1-35(2,3)46-34(43)40-30(19-24-21-38-32-26(24)6-5-7-28(32)36)31(20-37)39-29-13-10-23(18-27(29)33(42)44-4)22-8-11-25(12-9-22)41-14-16-45-17-15-41/h5-13,18,21,30-31,38-39H,14-17,19H2,1-4H3,(H,40,43)/t30-,31-/m0/s1. The maximum atomic E-state index is 13.0. The smallest absolute Gasteiger partial charge is 0.407 e. The highest BCUT2D eigenvalue weighted by atomic mass is 79.9. The van der Waals surface area contributed by atoms with Crippen molar-refractivity contribution in [2.45, 2.75) is 44.9 Å². The first kappa shape index (κ1) is 32.9. The lowest BCUT2D eigenvalue weighted by Crippen LogP contribution is -2.49. The van der Waals surface area contributed by atoms with E-state index in [1.165, 1.54) is 7.11 Å². The average molecular weight is 689 g/mol. The van der Waals surface area contributed by atoms with E-state index in [4.69, 9.17) is 14.2 Å². The number of carbonyl (C=O) groups excluding carboxylic acids is 2. The number of aromatic amines is 1. The Morgan fingerprint density at radius 1 is 1.09 bits per heavy atom. The number of nitriles is 1. The van der Waals surface area contributed by atoms with Crippen LogP contribution in [-0.4, -0.2) is 68.1 Å². The maximum Gasteiger partial charge on any atom is 0.407 e. The van der Waals surface area contributed by atoms with E-state index < -0.39 is 29.7 Å². The number of aromatic nitrogens is 1. The van der Waals surface area contributed by atoms with Crippen molar-refractivity contribution in [1.29, 1.82) is 5.26 Å². The molecule has 1 aliphatic heterocycles. The molecule has 0 spiro atoms. The van der Waals surface area contributed by atoms with Crippen LogP contribution < -0.4 is 15.5 Å². The quantitative estimate of drug-likeness (QED) is 0.167. The number of anilines is 2. The lowest BCUT2D eigenvalue weighted by atomic mass is 9.97. The number of morpholine rings is 1. The van der Waals surface area contributed by atoms with Crippen LogP contribution in [0.15, 0.2) is 71.3 Å². The summed E-state index contributed by atoms with van der Waals surface area (Å²) in [4.78, 5) is 31.5. The molecule has 2 heterocycles. The second-order valence-electron chi connectivity index (χ2n) is 12.1. The number of ether oxygens (including phenoxy) is 3. The maximum absolute atomic E-state index is 13.0. The first-order valence-corrected chi connectivity index (χ1v) is 15.9. The summed E-state index contributed by atoms with van der Waals surface area (Å²) in [5.41, 5.74) is 4.63. The molecule has 1 saturated heterocycles. The number of methoxy groups -OCH3 is 1. The van der Waals surface area contributed by atoms with Crippen molar-refractivity contribution in [3.63, 3.8) is 0 Å². The number of nitrogens with one attached hydrogen (secondary N) is 3. The first-order chi connectivity index (χ1) is 22.1. The van der Waals surface area contributed by atoms with E-state index in [0.717, 1.165) is 50.8 Å². The third-order valence-corrected chi connectivity index (χ3v) is 8.41. The van der Waals surface area contributed by atoms with Crippen molar-refractivity contribution in [2.24, 2.45) is 0 Å². The van der Waals surface area contributed by atoms with Crippen molar-refractivity contribution >= 4 is 50.3 Å². The van der Waals surface area contributed by atoms with Crippen LogP contribution >= 0.6 is 15.9 Å². The van der Waals surface area contributed by atoms with Gasteiger partial charge in [-0.3, -0.25) is 0 Å². The van der Waals surface area contributed by atoms with Crippen LogP contribution in [0.2, 0.25) is 0 Å². The number of H-pyrrole nitrogens is 1. The van der Waals surface area contributed by atoms with Crippen LogP contribution in [0, 0.1) is 11.3 Å². The number of fused-ring (bicyclic) bond motifs is 1. The zero-order chi connectivity index (χ0) is 32.8. The van der Waals surface area contributed by atoms with Crippen molar-refractivity contribution in [2.75, 3.05) is 43.6 Å². The number of rotatable bonds is 9. The third-order valence-electron chi connectivity index (χ3n) is 7.75. The molecule has 240 valence electrons. The number of alkyl carbamates (subject to hydrolysis) is 1. The van der Waals surface area contributed by atoms with Gasteiger partial charge in [-0.25, -0.2) is 9.59 Å². The van der Waals surface area contributed by atoms with Gasteiger partial charge in [-0.05, 0) is 90.1 Å². The van der Waals surface area contributed by atoms with Crippen molar-refractivity contribution in [3.05, 3.63) is 82.5 Å². The molecule has 2 atom stereocenters. The van der Waals surface area contributed by atoms with E-state index in [1.54, 1.807) is 32.9 Å². The number of hydrogen-bond donors (Lipinski definition) is 3. The Morgan fingerprint density at radius 2 is 1.80 bits per heavy atom. The van der Waals surface area contributed by atoms with E-state index in [9.17, 15) is 14.9 Å². The van der Waals surface area contributed by atoms with E-state index in [1.807, 2.05) is 42.6 Å². The lowest BCUT2D eigenvalue weighted by molar-refractivity contribution is 0.0501. The number of halogens is 1. The molecular formula is C35H38BrN5O5. The summed E-state index contributed by atoms with van der Waals surface area (Å²) in [5, 5.41) is 17.5. The fourth-order valence-electron chi connectivity index (χ4n) is 5.50. The van der Waals surface area contributed by atoms with Crippen LogP contribution in [0.5, 0.6) is 0 Å². The van der Waals surface area contributed by atoms with Gasteiger partial charge in [-0.2, -0.15) is 5.26 Å². The molecule has 46 heavy (non-hydrogen) atoms. The molecule has 1 aliphatic rings. The van der Waals surface area contributed by atoms with E-state index in [2.05, 4.69) is 54.6 Å². The van der Waals surface area contributed by atoms with Gasteiger partial charge in [0.2, 0.25) is 0 Å². The monoisotopic (exact) mass is 687 g/mol. The summed E-state index contributed by atoms with van der Waals surface area (Å²) in [6, 6.07) is 20.0. The number of benzene rings is 3. The summed E-state index contributed by atoms with van der Waals surface area (Å²) < 4.78 is 17.0. The zero-order valence-electron chi connectivity index (χ0n) is 26.4. The number of carbonyl (C=O) groups is 2. The molecule has 4 aromatic rings. The lowest BCUT2D eigenvalue weighted by Gasteiger charge is -2.29. The van der Waals surface area contributed by atoms with Gasteiger partial charge in [0.15, 0.2) is 0 Å². The number of nitrogens with zero attached hydrogens (tertiary/aromatic N) is 2. The van der Waals surface area contributed by atoms with Crippen molar-refractivity contribution < 1.29 is 23.8 Å². The largest absolute Gasteiger partial charge is 0.465 e. The average Bonchev–Trinajstić information content (AvgIpc) is 3.46. The Labute approximate surface area is 277 Å². The Kier molecular flexibility index (Phi) is 10.2. The van der Waals surface area contributed by atoms with Crippen LogP contribution in [0.25, 0.3) is 22.0 Å². The van der Waals surface area contributed by atoms with E-state index in [-0.39, 0.29) is 5.56 Å². The summed E-state index contributed by atoms with van der Waals surface area (Å²) in [7, 11) is 1.32. The van der Waals surface area contributed by atoms with Crippen LogP contribution in [0.4, 0.5) is 16.2 Å². The minimum atomic E-state index is -0.938. The molecular weight excluding hydrogens is 650 g/mol. The Morgan fingerprint density at radius 3 is 2.48 bits per heavy atom. The van der Waals surface area contributed by atoms with Gasteiger partial charge in [0.25, 0.3) is 0 Å². The number of amides is 1. The molecule has 3 aromatic carbocycles. The fraction of sp³-hybridized carbons (Fsp3) is 0.343. The molecule has 0 saturated carbocycles. The van der Waals surface area contributed by atoms with Gasteiger partial charge in [0.1, 0.15) is 11.6 Å². The fourth-order valence-corrected chi connectivity index (χ4v) is 5.98.